The van der Waals surface area contributed by atoms with Gasteiger partial charge < -0.3 is 24.4 Å². The molecular formula is C28H24O6. The van der Waals surface area contributed by atoms with E-state index in [0.29, 0.717) is 0 Å². The largest absolute Gasteiger partial charge is 0.504 e. The molecule has 4 rings (SSSR count). The standard InChI is InChI=1S/C28H24O6/c29-25-23(28(30)31)16-24(32-17-20-10-4-1-5-11-20)26(33-18-21-12-6-2-7-13-21)27(25)34-19-22-14-8-3-9-15-22/h1-16,29H,17-19H2,(H,30,31). The maximum Gasteiger partial charge on any atom is 0.339 e. The number of hydrogen-bond donors (Lipinski definition) is 2. The minimum absolute atomic E-state index is 0.0808. The SMILES string of the molecule is O=C(O)c1cc(OCc2ccccc2)c(OCc2ccccc2)c(OCc2ccccc2)c1O. The van der Waals surface area contributed by atoms with E-state index in [1.165, 1.54) is 6.07 Å². The average Bonchev–Trinajstić information content (AvgIpc) is 2.87. The lowest BCUT2D eigenvalue weighted by atomic mass is 10.1. The highest BCUT2D eigenvalue weighted by Crippen LogP contribution is 2.47. The van der Waals surface area contributed by atoms with Gasteiger partial charge in [0.15, 0.2) is 11.5 Å². The zero-order valence-corrected chi connectivity index (χ0v) is 18.4. The van der Waals surface area contributed by atoms with Crippen LogP contribution in [0.4, 0.5) is 0 Å². The fraction of sp³-hybridized carbons (Fsp3) is 0.107. The number of carboxylic acids is 1. The minimum Gasteiger partial charge on any atom is -0.504 e. The van der Waals surface area contributed by atoms with Gasteiger partial charge in [0.1, 0.15) is 25.4 Å². The molecule has 0 aliphatic rings. The number of hydrogen-bond acceptors (Lipinski definition) is 5. The molecule has 0 saturated carbocycles. The molecule has 4 aromatic carbocycles. The van der Waals surface area contributed by atoms with E-state index in [9.17, 15) is 15.0 Å². The lowest BCUT2D eigenvalue weighted by Gasteiger charge is -2.19. The van der Waals surface area contributed by atoms with E-state index in [2.05, 4.69) is 0 Å². The molecule has 0 aromatic heterocycles. The molecule has 172 valence electrons. The summed E-state index contributed by atoms with van der Waals surface area (Å²) in [6.45, 7) is 0.470. The average molecular weight is 456 g/mol. The van der Waals surface area contributed by atoms with Crippen LogP contribution in [0.3, 0.4) is 0 Å². The van der Waals surface area contributed by atoms with Crippen LogP contribution in [0.5, 0.6) is 23.0 Å². The Morgan fingerprint density at radius 2 is 1.03 bits per heavy atom. The van der Waals surface area contributed by atoms with Crippen LogP contribution in [0.1, 0.15) is 27.0 Å². The molecule has 0 amide bonds. The van der Waals surface area contributed by atoms with Gasteiger partial charge in [0.2, 0.25) is 11.5 Å². The van der Waals surface area contributed by atoms with Gasteiger partial charge in [0.05, 0.1) is 0 Å². The summed E-state index contributed by atoms with van der Waals surface area (Å²) in [6, 6.07) is 29.6. The van der Waals surface area contributed by atoms with Gasteiger partial charge in [-0.1, -0.05) is 91.0 Å². The monoisotopic (exact) mass is 456 g/mol. The van der Waals surface area contributed by atoms with Crippen LogP contribution >= 0.6 is 0 Å². The van der Waals surface area contributed by atoms with Crippen LogP contribution in [-0.4, -0.2) is 16.2 Å². The summed E-state index contributed by atoms with van der Waals surface area (Å²) in [4.78, 5) is 11.9. The fourth-order valence-electron chi connectivity index (χ4n) is 3.34. The smallest absolute Gasteiger partial charge is 0.339 e. The van der Waals surface area contributed by atoms with E-state index in [4.69, 9.17) is 14.2 Å². The summed E-state index contributed by atoms with van der Waals surface area (Å²) in [5.74, 6) is -1.60. The predicted molar refractivity (Wildman–Crippen MR) is 127 cm³/mol. The van der Waals surface area contributed by atoms with Gasteiger partial charge >= 0.3 is 5.97 Å². The highest BCUT2D eigenvalue weighted by atomic mass is 16.5. The molecule has 6 heteroatoms. The Balaban J connectivity index is 1.71. The maximum atomic E-state index is 11.9. The highest BCUT2D eigenvalue weighted by molar-refractivity contribution is 5.93. The second-order valence-corrected chi connectivity index (χ2v) is 7.56. The Bertz CT molecular complexity index is 1220. The van der Waals surface area contributed by atoms with Crippen molar-refractivity contribution >= 4 is 5.97 Å². The fourth-order valence-corrected chi connectivity index (χ4v) is 3.34. The lowest BCUT2D eigenvalue weighted by molar-refractivity contribution is 0.0691. The zero-order valence-electron chi connectivity index (χ0n) is 18.4. The van der Waals surface area contributed by atoms with Crippen LogP contribution in [0.25, 0.3) is 0 Å². The Kier molecular flexibility index (Phi) is 7.30. The van der Waals surface area contributed by atoms with E-state index >= 15 is 0 Å². The second-order valence-electron chi connectivity index (χ2n) is 7.56. The number of aromatic hydroxyl groups is 1. The molecule has 0 heterocycles. The molecular weight excluding hydrogens is 432 g/mol. The summed E-state index contributed by atoms with van der Waals surface area (Å²) in [5.41, 5.74) is 2.31. The normalized spacial score (nSPS) is 10.5. The number of rotatable bonds is 10. The third-order valence-corrected chi connectivity index (χ3v) is 5.10. The molecule has 0 aliphatic heterocycles. The van der Waals surface area contributed by atoms with Crippen molar-refractivity contribution in [2.45, 2.75) is 19.8 Å². The summed E-state index contributed by atoms with van der Waals surface area (Å²) >= 11 is 0. The topological polar surface area (TPSA) is 85.2 Å². The van der Waals surface area contributed by atoms with Crippen molar-refractivity contribution in [3.63, 3.8) is 0 Å². The highest BCUT2D eigenvalue weighted by Gasteiger charge is 2.25. The van der Waals surface area contributed by atoms with Gasteiger partial charge in [-0.2, -0.15) is 0 Å². The van der Waals surface area contributed by atoms with E-state index in [1.54, 1.807) is 0 Å². The molecule has 0 bridgehead atoms. The molecule has 0 radical (unpaired) electrons. The third-order valence-electron chi connectivity index (χ3n) is 5.10. The summed E-state index contributed by atoms with van der Waals surface area (Å²) < 4.78 is 17.9. The summed E-state index contributed by atoms with van der Waals surface area (Å²) in [5, 5.41) is 20.5. The van der Waals surface area contributed by atoms with Gasteiger partial charge in [0, 0.05) is 6.07 Å². The van der Waals surface area contributed by atoms with Crippen molar-refractivity contribution in [1.29, 1.82) is 0 Å². The third kappa shape index (κ3) is 5.66. The van der Waals surface area contributed by atoms with Crippen LogP contribution in [-0.2, 0) is 19.8 Å². The molecule has 0 spiro atoms. The van der Waals surface area contributed by atoms with Crippen LogP contribution in [0.2, 0.25) is 0 Å². The van der Waals surface area contributed by atoms with Crippen molar-refractivity contribution in [1.82, 2.24) is 0 Å². The van der Waals surface area contributed by atoms with Crippen molar-refractivity contribution in [2.24, 2.45) is 0 Å². The quantitative estimate of drug-likeness (QED) is 0.312. The first-order valence-corrected chi connectivity index (χ1v) is 10.7. The minimum atomic E-state index is -1.30. The van der Waals surface area contributed by atoms with Crippen LogP contribution < -0.4 is 14.2 Å². The number of aromatic carboxylic acids is 1. The van der Waals surface area contributed by atoms with Crippen LogP contribution in [0.15, 0.2) is 97.1 Å². The summed E-state index contributed by atoms with van der Waals surface area (Å²) in [6.07, 6.45) is 0. The van der Waals surface area contributed by atoms with Gasteiger partial charge in [-0.25, -0.2) is 4.79 Å². The Morgan fingerprint density at radius 3 is 1.47 bits per heavy atom. The lowest BCUT2D eigenvalue weighted by Crippen LogP contribution is -2.07. The van der Waals surface area contributed by atoms with Crippen LogP contribution in [0, 0.1) is 0 Å². The first kappa shape index (κ1) is 22.7. The molecule has 6 nitrogen and oxygen atoms in total. The molecule has 0 aliphatic carbocycles. The van der Waals surface area contributed by atoms with Gasteiger partial charge in [-0.3, -0.25) is 0 Å². The summed E-state index contributed by atoms with van der Waals surface area (Å²) in [7, 11) is 0. The molecule has 4 aromatic rings. The molecule has 2 N–H and O–H groups in total. The van der Waals surface area contributed by atoms with E-state index < -0.39 is 11.7 Å². The van der Waals surface area contributed by atoms with Crippen molar-refractivity contribution in [2.75, 3.05) is 0 Å². The van der Waals surface area contributed by atoms with Crippen molar-refractivity contribution in [3.8, 4) is 23.0 Å². The number of carboxylic acid groups (broad SMARTS) is 1. The Hall–Kier alpha value is -4.45. The maximum absolute atomic E-state index is 11.9. The number of phenols is 1. The molecule has 0 fully saturated rings. The molecule has 34 heavy (non-hydrogen) atoms. The Labute approximate surface area is 197 Å². The second kappa shape index (κ2) is 10.9. The van der Waals surface area contributed by atoms with Gasteiger partial charge in [-0.05, 0) is 16.7 Å². The number of benzene rings is 4. The Morgan fingerprint density at radius 1 is 0.618 bits per heavy atom. The predicted octanol–water partition coefficient (Wildman–Crippen LogP) is 5.83. The van der Waals surface area contributed by atoms with E-state index in [1.807, 2.05) is 91.0 Å². The van der Waals surface area contributed by atoms with E-state index in [-0.39, 0.29) is 42.6 Å². The molecule has 0 unspecified atom stereocenters. The van der Waals surface area contributed by atoms with Crippen molar-refractivity contribution < 1.29 is 29.2 Å². The zero-order chi connectivity index (χ0) is 23.8. The first-order valence-electron chi connectivity index (χ1n) is 10.7. The van der Waals surface area contributed by atoms with E-state index in [0.717, 1.165) is 16.7 Å². The van der Waals surface area contributed by atoms with Gasteiger partial charge in [0.25, 0.3) is 0 Å². The molecule has 0 saturated heterocycles. The number of ether oxygens (including phenoxy) is 3. The van der Waals surface area contributed by atoms with Gasteiger partial charge in [-0.15, -0.1) is 0 Å². The van der Waals surface area contributed by atoms with Crippen molar-refractivity contribution in [3.05, 3.63) is 119 Å². The number of carbonyl (C=O) groups is 1. The first-order chi connectivity index (χ1) is 16.6. The molecule has 0 atom stereocenters.